The fourth-order valence-electron chi connectivity index (χ4n) is 1.28. The number of nitrogens with one attached hydrogen (secondary N) is 1. The van der Waals surface area contributed by atoms with Gasteiger partial charge in [0.25, 0.3) is 0 Å². The molecule has 0 spiro atoms. The van der Waals surface area contributed by atoms with Crippen LogP contribution in [-0.4, -0.2) is 55.9 Å². The summed E-state index contributed by atoms with van der Waals surface area (Å²) >= 11 is 0. The van der Waals surface area contributed by atoms with E-state index in [1.165, 1.54) is 12.1 Å². The van der Waals surface area contributed by atoms with Gasteiger partial charge in [-0.2, -0.15) is 0 Å². The first-order chi connectivity index (χ1) is 9.72. The Morgan fingerprint density at radius 1 is 1.00 bits per heavy atom. The Hall–Kier alpha value is -1.83. The van der Waals surface area contributed by atoms with E-state index < -0.39 is 6.09 Å². The summed E-state index contributed by atoms with van der Waals surface area (Å²) in [7, 11) is 0. The van der Waals surface area contributed by atoms with Gasteiger partial charge in [0.2, 0.25) is 0 Å². The van der Waals surface area contributed by atoms with Crippen LogP contribution in [0.2, 0.25) is 0 Å². The maximum atomic E-state index is 11.4. The Balaban J connectivity index is 2.01. The molecule has 20 heavy (non-hydrogen) atoms. The molecule has 0 aliphatic heterocycles. The van der Waals surface area contributed by atoms with Crippen molar-refractivity contribution >= 4 is 11.8 Å². The number of carbonyl (C=O) groups excluding carboxylic acids is 1. The van der Waals surface area contributed by atoms with Crippen molar-refractivity contribution in [2.24, 2.45) is 0 Å². The summed E-state index contributed by atoms with van der Waals surface area (Å²) in [5.41, 5.74) is 0.533. The van der Waals surface area contributed by atoms with Crippen LogP contribution in [0.3, 0.4) is 0 Å². The largest absolute Gasteiger partial charge is 0.508 e. The van der Waals surface area contributed by atoms with E-state index in [4.69, 9.17) is 24.4 Å². The van der Waals surface area contributed by atoms with Crippen molar-refractivity contribution in [3.05, 3.63) is 24.3 Å². The molecule has 7 heteroatoms. The molecular formula is C13H19NO6. The molecule has 0 atom stereocenters. The topological polar surface area (TPSA) is 97.3 Å². The summed E-state index contributed by atoms with van der Waals surface area (Å²) in [5.74, 6) is 0.126. The molecule has 0 bridgehead atoms. The lowest BCUT2D eigenvalue weighted by Gasteiger charge is -2.08. The molecular weight excluding hydrogens is 266 g/mol. The van der Waals surface area contributed by atoms with Gasteiger partial charge in [-0.15, -0.1) is 0 Å². The van der Waals surface area contributed by atoms with Crippen LogP contribution in [0.5, 0.6) is 5.75 Å². The summed E-state index contributed by atoms with van der Waals surface area (Å²) in [4.78, 5) is 11.4. The fourth-order valence-corrected chi connectivity index (χ4v) is 1.28. The number of benzene rings is 1. The molecule has 112 valence electrons. The smallest absolute Gasteiger partial charge is 0.411 e. The molecule has 0 saturated heterocycles. The van der Waals surface area contributed by atoms with Gasteiger partial charge in [-0.25, -0.2) is 4.79 Å². The SMILES string of the molecule is O=C(Nc1ccc(O)cc1)OCCOCCOCCO. The van der Waals surface area contributed by atoms with Crippen LogP contribution >= 0.6 is 0 Å². The monoisotopic (exact) mass is 285 g/mol. The van der Waals surface area contributed by atoms with Crippen LogP contribution in [0.4, 0.5) is 10.5 Å². The molecule has 0 aliphatic carbocycles. The summed E-state index contributed by atoms with van der Waals surface area (Å²) in [6.07, 6.45) is -0.587. The molecule has 0 aromatic heterocycles. The number of aromatic hydroxyl groups is 1. The lowest BCUT2D eigenvalue weighted by Crippen LogP contribution is -2.17. The van der Waals surface area contributed by atoms with Gasteiger partial charge >= 0.3 is 6.09 Å². The third-order valence-electron chi connectivity index (χ3n) is 2.18. The van der Waals surface area contributed by atoms with Gasteiger partial charge in [-0.3, -0.25) is 5.32 Å². The summed E-state index contributed by atoms with van der Waals surface area (Å²) in [6, 6.07) is 6.05. The van der Waals surface area contributed by atoms with Gasteiger partial charge < -0.3 is 24.4 Å². The van der Waals surface area contributed by atoms with Crippen LogP contribution in [-0.2, 0) is 14.2 Å². The molecule has 1 amide bonds. The zero-order chi connectivity index (χ0) is 14.6. The lowest BCUT2D eigenvalue weighted by molar-refractivity contribution is 0.0199. The summed E-state index contributed by atoms with van der Waals surface area (Å²) in [5, 5.41) is 20.1. The first-order valence-electron chi connectivity index (χ1n) is 6.21. The molecule has 0 heterocycles. The molecule has 1 rings (SSSR count). The maximum absolute atomic E-state index is 11.4. The number of phenolic OH excluding ortho intramolecular Hbond substituents is 1. The normalized spacial score (nSPS) is 10.2. The van der Waals surface area contributed by atoms with Gasteiger partial charge in [0.1, 0.15) is 12.4 Å². The number of hydrogen-bond donors (Lipinski definition) is 3. The van der Waals surface area contributed by atoms with Crippen molar-refractivity contribution < 1.29 is 29.2 Å². The van der Waals surface area contributed by atoms with Gasteiger partial charge in [0.05, 0.1) is 33.0 Å². The van der Waals surface area contributed by atoms with Crippen LogP contribution in [0.15, 0.2) is 24.3 Å². The first-order valence-corrected chi connectivity index (χ1v) is 6.21. The van der Waals surface area contributed by atoms with E-state index in [-0.39, 0.29) is 32.2 Å². The van der Waals surface area contributed by atoms with Gasteiger partial charge in [0.15, 0.2) is 0 Å². The Kier molecular flexibility index (Phi) is 8.13. The zero-order valence-corrected chi connectivity index (χ0v) is 11.1. The Labute approximate surface area is 117 Å². The van der Waals surface area contributed by atoms with Crippen LogP contribution in [0.1, 0.15) is 0 Å². The van der Waals surface area contributed by atoms with E-state index in [9.17, 15) is 4.79 Å². The van der Waals surface area contributed by atoms with Gasteiger partial charge in [-0.05, 0) is 24.3 Å². The van der Waals surface area contributed by atoms with E-state index in [1.807, 2.05) is 0 Å². The zero-order valence-electron chi connectivity index (χ0n) is 11.1. The van der Waals surface area contributed by atoms with Crippen molar-refractivity contribution in [3.63, 3.8) is 0 Å². The number of ether oxygens (including phenoxy) is 3. The minimum atomic E-state index is -0.587. The maximum Gasteiger partial charge on any atom is 0.411 e. The number of hydrogen-bond acceptors (Lipinski definition) is 6. The highest BCUT2D eigenvalue weighted by molar-refractivity contribution is 5.84. The summed E-state index contributed by atoms with van der Waals surface area (Å²) < 4.78 is 15.0. The molecule has 0 aliphatic rings. The molecule has 0 fully saturated rings. The predicted molar refractivity (Wildman–Crippen MR) is 71.8 cm³/mol. The average molecular weight is 285 g/mol. The van der Waals surface area contributed by atoms with Crippen molar-refractivity contribution in [3.8, 4) is 5.75 Å². The van der Waals surface area contributed by atoms with Crippen molar-refractivity contribution in [2.45, 2.75) is 0 Å². The third kappa shape index (κ3) is 7.57. The highest BCUT2D eigenvalue weighted by Gasteiger charge is 2.02. The molecule has 3 N–H and O–H groups in total. The minimum Gasteiger partial charge on any atom is -0.508 e. The van der Waals surface area contributed by atoms with Gasteiger partial charge in [-0.1, -0.05) is 0 Å². The fraction of sp³-hybridized carbons (Fsp3) is 0.462. The number of rotatable bonds is 9. The van der Waals surface area contributed by atoms with Crippen LogP contribution in [0.25, 0.3) is 0 Å². The second-order valence-electron chi connectivity index (χ2n) is 3.76. The Morgan fingerprint density at radius 3 is 2.25 bits per heavy atom. The number of amides is 1. The minimum absolute atomic E-state index is 0.0134. The number of carbonyl (C=O) groups is 1. The van der Waals surface area contributed by atoms with E-state index >= 15 is 0 Å². The lowest BCUT2D eigenvalue weighted by atomic mass is 10.3. The van der Waals surface area contributed by atoms with E-state index in [0.717, 1.165) is 0 Å². The average Bonchev–Trinajstić information content (AvgIpc) is 2.44. The first kappa shape index (κ1) is 16.2. The molecule has 1 aromatic rings. The molecule has 0 radical (unpaired) electrons. The summed E-state index contributed by atoms with van der Waals surface area (Å²) in [6.45, 7) is 1.44. The second-order valence-corrected chi connectivity index (χ2v) is 3.76. The van der Waals surface area contributed by atoms with E-state index in [1.54, 1.807) is 12.1 Å². The number of aliphatic hydroxyl groups is 1. The standard InChI is InChI=1S/C13H19NO6/c15-5-6-18-7-8-19-9-10-20-13(17)14-11-1-3-12(16)4-2-11/h1-4,15-16H,5-10H2,(H,14,17). The highest BCUT2D eigenvalue weighted by Crippen LogP contribution is 2.13. The van der Waals surface area contributed by atoms with Crippen LogP contribution in [0, 0.1) is 0 Å². The van der Waals surface area contributed by atoms with Crippen LogP contribution < -0.4 is 5.32 Å². The highest BCUT2D eigenvalue weighted by atomic mass is 16.6. The predicted octanol–water partition coefficient (Wildman–Crippen LogP) is 0.966. The Morgan fingerprint density at radius 2 is 1.60 bits per heavy atom. The molecule has 0 saturated carbocycles. The molecule has 7 nitrogen and oxygen atoms in total. The van der Waals surface area contributed by atoms with E-state index in [2.05, 4.69) is 5.32 Å². The Bertz CT molecular complexity index is 381. The number of anilines is 1. The van der Waals surface area contributed by atoms with Crippen molar-refractivity contribution in [1.82, 2.24) is 0 Å². The van der Waals surface area contributed by atoms with Crippen molar-refractivity contribution in [2.75, 3.05) is 45.0 Å². The van der Waals surface area contributed by atoms with Crippen molar-refractivity contribution in [1.29, 1.82) is 0 Å². The number of phenols is 1. The molecule has 1 aromatic carbocycles. The molecule has 0 unspecified atom stereocenters. The quantitative estimate of drug-likeness (QED) is 0.462. The number of aliphatic hydroxyl groups excluding tert-OH is 1. The second kappa shape index (κ2) is 10.0. The van der Waals surface area contributed by atoms with E-state index in [0.29, 0.717) is 18.9 Å². The third-order valence-corrected chi connectivity index (χ3v) is 2.18. The van der Waals surface area contributed by atoms with Gasteiger partial charge in [0, 0.05) is 5.69 Å².